The Balaban J connectivity index is 0.000000211. The normalized spacial score (nSPS) is 17.6. The Hall–Kier alpha value is -7.70. The van der Waals surface area contributed by atoms with Gasteiger partial charge in [-0.25, -0.2) is 0 Å². The zero-order chi connectivity index (χ0) is 106. The molecule has 0 saturated heterocycles. The number of aromatic hydroxyl groups is 6. The molecule has 144 heavy (non-hydrogen) atoms. The quantitative estimate of drug-likeness (QED) is 0.0304. The van der Waals surface area contributed by atoms with Crippen molar-refractivity contribution in [2.45, 2.75) is 436 Å². The predicted octanol–water partition coefficient (Wildman–Crippen LogP) is 38.3. The minimum Gasteiger partial charge on any atom is -0.507 e. The molecule has 10 aromatic rings. The minimum atomic E-state index is -0.107. The molecule has 0 aromatic heterocycles. The van der Waals surface area contributed by atoms with Gasteiger partial charge in [-0.15, -0.1) is 0 Å². The van der Waals surface area contributed by atoms with Crippen LogP contribution < -0.4 is 18.9 Å². The average Bonchev–Trinajstić information content (AvgIpc) is 0.775. The lowest BCUT2D eigenvalue weighted by Crippen LogP contribution is -2.22. The zero-order valence-electron chi connectivity index (χ0n) is 93.7. The smallest absolute Gasteiger partial charge is 0.169 e. The summed E-state index contributed by atoms with van der Waals surface area (Å²) >= 11 is 11.9. The van der Waals surface area contributed by atoms with Crippen LogP contribution in [0.15, 0.2) is 121 Å². The van der Waals surface area contributed by atoms with Crippen LogP contribution in [0, 0.1) is 96.9 Å². The Kier molecular flexibility index (Phi) is 40.7. The second-order valence-electron chi connectivity index (χ2n) is 48.3. The molecular weight excluding hydrogens is 1890 g/mol. The van der Waals surface area contributed by atoms with Crippen molar-refractivity contribution >= 4 is 70.6 Å². The topological polar surface area (TPSA) is 158 Å². The van der Waals surface area contributed by atoms with E-state index >= 15 is 0 Å². The van der Waals surface area contributed by atoms with Crippen molar-refractivity contribution in [2.75, 3.05) is 0 Å². The minimum absolute atomic E-state index is 0.0677. The molecule has 784 valence electrons. The Morgan fingerprint density at radius 2 is 0.389 bits per heavy atom. The fourth-order valence-electron chi connectivity index (χ4n) is 19.8. The van der Waals surface area contributed by atoms with Gasteiger partial charge in [-0.2, -0.15) is 70.6 Å². The number of phenolic OH excluding ortho intramolecular Hbond substituents is 6. The van der Waals surface area contributed by atoms with E-state index in [4.69, 9.17) is 18.9 Å². The fourth-order valence-corrected chi connectivity index (χ4v) is 29.0. The molecule has 10 aromatic carbocycles. The van der Waals surface area contributed by atoms with E-state index in [1.54, 1.807) is 0 Å². The summed E-state index contributed by atoms with van der Waals surface area (Å²) < 4.78 is 26.0. The van der Waals surface area contributed by atoms with E-state index < -0.39 is 0 Å². The zero-order valence-corrected chi connectivity index (χ0v) is 98.6. The first-order chi connectivity index (χ1) is 67.4. The summed E-state index contributed by atoms with van der Waals surface area (Å²) in [7, 11) is 0. The molecule has 0 aliphatic heterocycles. The molecule has 13 rings (SSSR count). The van der Waals surface area contributed by atoms with Crippen molar-refractivity contribution in [1.29, 1.82) is 0 Å². The average molecular weight is 2070 g/mol. The molecular formula is C128H176O10S6. The van der Waals surface area contributed by atoms with E-state index in [0.717, 1.165) is 149 Å². The van der Waals surface area contributed by atoms with Crippen LogP contribution >= 0.6 is 70.6 Å². The molecule has 0 bridgehead atoms. The summed E-state index contributed by atoms with van der Waals surface area (Å²) in [5, 5.41) is 71.3. The van der Waals surface area contributed by atoms with Gasteiger partial charge in [-0.3, -0.25) is 0 Å². The van der Waals surface area contributed by atoms with Crippen molar-refractivity contribution in [3.63, 3.8) is 0 Å². The molecule has 10 nitrogen and oxygen atoms in total. The van der Waals surface area contributed by atoms with Crippen molar-refractivity contribution < 1.29 is 49.6 Å². The fraction of sp³-hybridized carbons (Fsp3) is 0.531. The van der Waals surface area contributed by atoms with Crippen LogP contribution in [0.3, 0.4) is 0 Å². The SMILES string of the molecule is Cc1cc(C(C)(C)C)cc(CSC2CCCCCCC2SCc2cc(C(C)(C)C)cc(C)c2O)c1O.Cc1cc(C)c(Oc2cc(C(C)(C)C)cc(CSC3CCCCCCC3SCc3cc(C(C)(C)C)cc(Oc4c(C)cc(C)cc4C)c3O)c2O)c(C)c1.Cc1cc(Oc2cc(C(C)(C)C)cc(CSC3CCCCCCC3SCc3cc(C(C)(C)C)cc(Oc4cc(C)c(C)c(C)c4)c3O)c2O)cc(C)c1C. The monoisotopic (exact) mass is 2070 g/mol. The van der Waals surface area contributed by atoms with E-state index in [1.165, 1.54) is 146 Å². The van der Waals surface area contributed by atoms with E-state index in [0.29, 0.717) is 89.0 Å². The van der Waals surface area contributed by atoms with Gasteiger partial charge in [0.15, 0.2) is 46.0 Å². The van der Waals surface area contributed by atoms with E-state index in [1.807, 2.05) is 109 Å². The maximum Gasteiger partial charge on any atom is 0.169 e. The standard InChI is InChI=1S/2C48H64O4S2.C32H48O2S2/c1-29-19-39(20-30(2)33(29)5)51-41-25-37(47(7,8)9)23-35(45(41)49)27-53-43-17-15-13-14-16-18-44(43)54-28-36-24-38(48(10,11)12)26-42(46(36)50)52-40-21-31(3)34(6)32(4)22-40;1-29-19-31(3)45(32(4)20-29)51-39-25-37(47(7,8)9)23-35(43(39)49)27-53-41-17-15-13-14-16-18-42(41)54-28-36-24-38(48(10,11)12)26-40(44(36)50)52-46-33(5)21-30(2)22-34(46)6;1-21-15-25(31(3,4)5)17-23(29(21)33)19-35-27-13-11-9-10-12-14-28(27)36-20-24-18-26(32(6,7)8)16-22(2)30(24)34/h19-26,43-44,49-50H,13-18,27-28H2,1-12H3;19-26,41-42,49-50H,13-18,27-28H2,1-12H3;15-18,27-28,33-34H,9-14,19-20H2,1-8H3. The van der Waals surface area contributed by atoms with Crippen LogP contribution in [0.4, 0.5) is 0 Å². The molecule has 3 aliphatic carbocycles. The molecule has 3 fully saturated rings. The lowest BCUT2D eigenvalue weighted by molar-refractivity contribution is 0.403. The maximum atomic E-state index is 11.7. The summed E-state index contributed by atoms with van der Waals surface area (Å²) in [6.45, 7) is 69.2. The van der Waals surface area contributed by atoms with Gasteiger partial charge >= 0.3 is 0 Å². The summed E-state index contributed by atoms with van der Waals surface area (Å²) in [6.07, 6.45) is 22.1. The van der Waals surface area contributed by atoms with Gasteiger partial charge in [-0.1, -0.05) is 286 Å². The number of hydrogen-bond donors (Lipinski definition) is 6. The van der Waals surface area contributed by atoms with Crippen molar-refractivity contribution in [3.05, 3.63) is 266 Å². The molecule has 6 atom stereocenters. The summed E-state index contributed by atoms with van der Waals surface area (Å²) in [6, 6.07) is 42.3. The number of phenols is 6. The summed E-state index contributed by atoms with van der Waals surface area (Å²) in [5.74, 6) is 11.6. The largest absolute Gasteiger partial charge is 0.507 e. The highest BCUT2D eigenvalue weighted by Crippen LogP contribution is 2.52. The molecule has 16 heteroatoms. The highest BCUT2D eigenvalue weighted by Gasteiger charge is 2.34. The first kappa shape index (κ1) is 117. The Morgan fingerprint density at radius 1 is 0.208 bits per heavy atom. The maximum absolute atomic E-state index is 11.7. The van der Waals surface area contributed by atoms with Gasteiger partial charge in [0.05, 0.1) is 0 Å². The third-order valence-corrected chi connectivity index (χ3v) is 38.9. The van der Waals surface area contributed by atoms with E-state index in [2.05, 4.69) is 305 Å². The number of aryl methyl sites for hydroxylation is 12. The Labute approximate surface area is 895 Å². The Morgan fingerprint density at radius 3 is 0.583 bits per heavy atom. The van der Waals surface area contributed by atoms with Crippen molar-refractivity contribution in [2.24, 2.45) is 0 Å². The van der Waals surface area contributed by atoms with Gasteiger partial charge in [0.1, 0.15) is 34.5 Å². The van der Waals surface area contributed by atoms with Crippen LogP contribution in [0.2, 0.25) is 0 Å². The molecule has 0 heterocycles. The first-order valence-corrected chi connectivity index (χ1v) is 59.5. The van der Waals surface area contributed by atoms with Gasteiger partial charge in [0.25, 0.3) is 0 Å². The van der Waals surface area contributed by atoms with Crippen LogP contribution in [0.1, 0.15) is 385 Å². The number of hydrogen-bond acceptors (Lipinski definition) is 16. The summed E-state index contributed by atoms with van der Waals surface area (Å²) in [5.41, 5.74) is 28.6. The highest BCUT2D eigenvalue weighted by atomic mass is 32.2. The van der Waals surface area contributed by atoms with E-state index in [-0.39, 0.29) is 55.5 Å². The van der Waals surface area contributed by atoms with Crippen LogP contribution in [0.25, 0.3) is 0 Å². The number of thioether (sulfide) groups is 6. The molecule has 0 radical (unpaired) electrons. The number of ether oxygens (including phenoxy) is 4. The van der Waals surface area contributed by atoms with Crippen molar-refractivity contribution in [3.8, 4) is 80.5 Å². The Bertz CT molecular complexity index is 5600. The van der Waals surface area contributed by atoms with Gasteiger partial charge < -0.3 is 49.6 Å². The number of rotatable bonds is 26. The van der Waals surface area contributed by atoms with Crippen molar-refractivity contribution in [1.82, 2.24) is 0 Å². The molecule has 6 unspecified atom stereocenters. The van der Waals surface area contributed by atoms with Crippen LogP contribution in [-0.2, 0) is 67.0 Å². The molecule has 3 saturated carbocycles. The second-order valence-corrected chi connectivity index (χ2v) is 55.7. The third-order valence-electron chi connectivity index (χ3n) is 29.6. The lowest BCUT2D eigenvalue weighted by Gasteiger charge is -2.30. The first-order valence-electron chi connectivity index (χ1n) is 53.2. The predicted molar refractivity (Wildman–Crippen MR) is 627 cm³/mol. The second kappa shape index (κ2) is 50.3. The number of benzene rings is 10. The molecule has 0 amide bonds. The highest BCUT2D eigenvalue weighted by molar-refractivity contribution is 8.04. The van der Waals surface area contributed by atoms with Crippen LogP contribution in [-0.4, -0.2) is 62.1 Å². The summed E-state index contributed by atoms with van der Waals surface area (Å²) in [4.78, 5) is 0. The van der Waals surface area contributed by atoms with Gasteiger partial charge in [0.2, 0.25) is 0 Å². The molecule has 3 aliphatic rings. The lowest BCUT2D eigenvalue weighted by atomic mass is 9.85. The van der Waals surface area contributed by atoms with Gasteiger partial charge in [-0.05, 0) is 317 Å². The van der Waals surface area contributed by atoms with Crippen LogP contribution in [0.5, 0.6) is 80.5 Å². The van der Waals surface area contributed by atoms with Gasteiger partial charge in [0, 0.05) is 99.4 Å². The molecule has 6 N–H and O–H groups in total. The van der Waals surface area contributed by atoms with E-state index in [9.17, 15) is 30.6 Å². The molecule has 0 spiro atoms. The third kappa shape index (κ3) is 31.9.